The molecule has 0 bridgehead atoms. The zero-order valence-electron chi connectivity index (χ0n) is 9.05. The maximum Gasteiger partial charge on any atom is 0.158 e. The average Bonchev–Trinajstić information content (AvgIpc) is 2.82. The van der Waals surface area contributed by atoms with Gasteiger partial charge in [0.2, 0.25) is 0 Å². The van der Waals surface area contributed by atoms with Crippen molar-refractivity contribution < 1.29 is 8.42 Å². The van der Waals surface area contributed by atoms with E-state index in [9.17, 15) is 8.42 Å². The smallest absolute Gasteiger partial charge is 0.158 e. The van der Waals surface area contributed by atoms with Crippen molar-refractivity contribution in [1.29, 1.82) is 0 Å². The predicted octanol–water partition coefficient (Wildman–Crippen LogP) is 0.790. The van der Waals surface area contributed by atoms with E-state index < -0.39 is 15.1 Å². The molecule has 0 saturated carbocycles. The second-order valence-electron chi connectivity index (χ2n) is 4.23. The monoisotopic (exact) mass is 252 g/mol. The Balaban J connectivity index is 2.26. The number of anilines is 1. The van der Waals surface area contributed by atoms with Gasteiger partial charge in [-0.3, -0.25) is 0 Å². The molecule has 0 spiro atoms. The zero-order valence-corrected chi connectivity index (χ0v) is 9.87. The van der Waals surface area contributed by atoms with Crippen molar-refractivity contribution in [3.63, 3.8) is 0 Å². The van der Waals surface area contributed by atoms with Crippen molar-refractivity contribution >= 4 is 26.7 Å². The third kappa shape index (κ3) is 1.57. The minimum Gasteiger partial charge on any atom is -0.384 e. The molecule has 3 heterocycles. The summed E-state index contributed by atoms with van der Waals surface area (Å²) in [6.07, 6.45) is 2.80. The third-order valence-corrected chi connectivity index (χ3v) is 5.27. The van der Waals surface area contributed by atoms with Crippen LogP contribution >= 0.6 is 0 Å². The van der Waals surface area contributed by atoms with Crippen LogP contribution in [0, 0.1) is 0 Å². The quantitative estimate of drug-likeness (QED) is 0.781. The number of nitrogen functional groups attached to an aromatic ring is 1. The molecule has 7 heteroatoms. The van der Waals surface area contributed by atoms with Crippen LogP contribution in [-0.4, -0.2) is 29.1 Å². The second kappa shape index (κ2) is 3.43. The lowest BCUT2D eigenvalue weighted by Gasteiger charge is -2.09. The predicted molar refractivity (Wildman–Crippen MR) is 64.1 cm³/mol. The number of hydrogen-bond acceptors (Lipinski definition) is 5. The van der Waals surface area contributed by atoms with E-state index in [1.165, 1.54) is 6.33 Å². The maximum atomic E-state index is 11.9. The summed E-state index contributed by atoms with van der Waals surface area (Å²) in [6, 6.07) is 1.66. The fourth-order valence-electron chi connectivity index (χ4n) is 2.31. The SMILES string of the molecule is Nc1cc2[nH]cnc2c(C2CCCS2(=O)=O)n1. The summed E-state index contributed by atoms with van der Waals surface area (Å²) < 4.78 is 23.8. The minimum atomic E-state index is -3.10. The molecule has 1 unspecified atom stereocenters. The van der Waals surface area contributed by atoms with E-state index in [-0.39, 0.29) is 5.75 Å². The molecule has 3 N–H and O–H groups in total. The summed E-state index contributed by atoms with van der Waals surface area (Å²) >= 11 is 0. The summed E-state index contributed by atoms with van der Waals surface area (Å²) in [7, 11) is -3.10. The summed E-state index contributed by atoms with van der Waals surface area (Å²) in [5.41, 5.74) is 7.51. The molecular weight excluding hydrogens is 240 g/mol. The van der Waals surface area contributed by atoms with Crippen LogP contribution in [0.4, 0.5) is 5.82 Å². The van der Waals surface area contributed by atoms with Gasteiger partial charge in [0.15, 0.2) is 9.84 Å². The van der Waals surface area contributed by atoms with E-state index in [4.69, 9.17) is 5.73 Å². The number of sulfone groups is 1. The van der Waals surface area contributed by atoms with E-state index >= 15 is 0 Å². The summed E-state index contributed by atoms with van der Waals surface area (Å²) in [6.45, 7) is 0. The highest BCUT2D eigenvalue weighted by molar-refractivity contribution is 7.91. The Kier molecular flexibility index (Phi) is 2.12. The molecule has 1 aliphatic heterocycles. The van der Waals surface area contributed by atoms with Crippen LogP contribution in [0.2, 0.25) is 0 Å². The van der Waals surface area contributed by atoms with E-state index in [1.54, 1.807) is 6.07 Å². The first-order valence-electron chi connectivity index (χ1n) is 5.39. The van der Waals surface area contributed by atoms with Gasteiger partial charge in [0, 0.05) is 6.07 Å². The molecule has 0 aliphatic carbocycles. The fraction of sp³-hybridized carbons (Fsp3) is 0.400. The van der Waals surface area contributed by atoms with Gasteiger partial charge in [0.1, 0.15) is 16.6 Å². The second-order valence-corrected chi connectivity index (χ2v) is 6.53. The van der Waals surface area contributed by atoms with Gasteiger partial charge in [-0.2, -0.15) is 0 Å². The van der Waals surface area contributed by atoms with E-state index in [1.807, 2.05) is 0 Å². The fourth-order valence-corrected chi connectivity index (χ4v) is 4.20. The number of nitrogens with zero attached hydrogens (tertiary/aromatic N) is 2. The number of H-pyrrole nitrogens is 1. The van der Waals surface area contributed by atoms with Crippen LogP contribution in [0.15, 0.2) is 12.4 Å². The number of nitrogens with two attached hydrogens (primary N) is 1. The first-order chi connectivity index (χ1) is 8.08. The number of fused-ring (bicyclic) bond motifs is 1. The topological polar surface area (TPSA) is 102 Å². The molecule has 0 amide bonds. The first kappa shape index (κ1) is 10.5. The van der Waals surface area contributed by atoms with Gasteiger partial charge in [-0.05, 0) is 12.8 Å². The number of nitrogens with one attached hydrogen (secondary N) is 1. The van der Waals surface area contributed by atoms with Crippen molar-refractivity contribution in [3.05, 3.63) is 18.1 Å². The lowest BCUT2D eigenvalue weighted by molar-refractivity contribution is 0.591. The number of rotatable bonds is 1. The minimum absolute atomic E-state index is 0.222. The highest BCUT2D eigenvalue weighted by Crippen LogP contribution is 2.36. The standard InChI is InChI=1S/C10H12N4O2S/c11-8-4-6-9(13-5-12-6)10(14-8)7-2-1-3-17(7,15)16/h4-5,7H,1-3H2,(H2,11,14)(H,12,13). The van der Waals surface area contributed by atoms with Gasteiger partial charge < -0.3 is 10.7 Å². The van der Waals surface area contributed by atoms with Crippen LogP contribution in [0.25, 0.3) is 11.0 Å². The largest absolute Gasteiger partial charge is 0.384 e. The Labute approximate surface area is 98.2 Å². The van der Waals surface area contributed by atoms with Crippen LogP contribution in [0.5, 0.6) is 0 Å². The first-order valence-corrected chi connectivity index (χ1v) is 7.10. The van der Waals surface area contributed by atoms with E-state index in [2.05, 4.69) is 15.0 Å². The molecule has 1 saturated heterocycles. The Morgan fingerprint density at radius 1 is 1.47 bits per heavy atom. The molecule has 6 nitrogen and oxygen atoms in total. The molecule has 0 radical (unpaired) electrons. The number of hydrogen-bond donors (Lipinski definition) is 2. The molecule has 17 heavy (non-hydrogen) atoms. The number of aromatic nitrogens is 3. The van der Waals surface area contributed by atoms with Crippen LogP contribution in [0.1, 0.15) is 23.8 Å². The molecule has 1 fully saturated rings. The Morgan fingerprint density at radius 3 is 3.00 bits per heavy atom. The molecule has 1 atom stereocenters. The Hall–Kier alpha value is -1.63. The summed E-state index contributed by atoms with van der Waals surface area (Å²) in [5.74, 6) is 0.541. The van der Waals surface area contributed by atoms with Crippen molar-refractivity contribution in [2.24, 2.45) is 0 Å². The highest BCUT2D eigenvalue weighted by atomic mass is 32.2. The number of aromatic amines is 1. The van der Waals surface area contributed by atoms with Gasteiger partial charge in [-0.1, -0.05) is 0 Å². The van der Waals surface area contributed by atoms with Crippen molar-refractivity contribution in [1.82, 2.24) is 15.0 Å². The Morgan fingerprint density at radius 2 is 2.29 bits per heavy atom. The maximum absolute atomic E-state index is 11.9. The van der Waals surface area contributed by atoms with Gasteiger partial charge in [-0.15, -0.1) is 0 Å². The van der Waals surface area contributed by atoms with E-state index in [0.29, 0.717) is 29.9 Å². The third-order valence-electron chi connectivity index (χ3n) is 3.09. The molecule has 1 aliphatic rings. The molecule has 2 aromatic rings. The zero-order chi connectivity index (χ0) is 12.0. The van der Waals surface area contributed by atoms with Crippen molar-refractivity contribution in [3.8, 4) is 0 Å². The average molecular weight is 252 g/mol. The van der Waals surface area contributed by atoms with Crippen LogP contribution in [0.3, 0.4) is 0 Å². The van der Waals surface area contributed by atoms with Crippen molar-refractivity contribution in [2.45, 2.75) is 18.1 Å². The summed E-state index contributed by atoms with van der Waals surface area (Å²) in [5, 5.41) is -0.559. The van der Waals surface area contributed by atoms with Crippen molar-refractivity contribution in [2.75, 3.05) is 11.5 Å². The lowest BCUT2D eigenvalue weighted by Crippen LogP contribution is -2.11. The molecule has 90 valence electrons. The molecule has 3 rings (SSSR count). The van der Waals surface area contributed by atoms with Gasteiger partial charge in [-0.25, -0.2) is 18.4 Å². The summed E-state index contributed by atoms with van der Waals surface area (Å²) in [4.78, 5) is 11.2. The lowest BCUT2D eigenvalue weighted by atomic mass is 10.1. The highest BCUT2D eigenvalue weighted by Gasteiger charge is 2.35. The number of pyridine rings is 1. The Bertz CT molecular complexity index is 677. The normalized spacial score (nSPS) is 23.2. The van der Waals surface area contributed by atoms with E-state index in [0.717, 1.165) is 5.52 Å². The van der Waals surface area contributed by atoms with Crippen LogP contribution in [-0.2, 0) is 9.84 Å². The van der Waals surface area contributed by atoms with Gasteiger partial charge in [0.05, 0.1) is 23.3 Å². The molecule has 2 aromatic heterocycles. The van der Waals surface area contributed by atoms with Gasteiger partial charge >= 0.3 is 0 Å². The molecule has 0 aromatic carbocycles. The number of imidazole rings is 1. The van der Waals surface area contributed by atoms with Gasteiger partial charge in [0.25, 0.3) is 0 Å². The molecular formula is C10H12N4O2S. The van der Waals surface area contributed by atoms with Crippen LogP contribution < -0.4 is 5.73 Å².